The second-order valence-electron chi connectivity index (χ2n) is 5.12. The number of rotatable bonds is 6. The number of aromatic nitrogens is 3. The second kappa shape index (κ2) is 6.64. The molecule has 4 rings (SSSR count). The molecule has 118 valence electrons. The summed E-state index contributed by atoms with van der Waals surface area (Å²) in [4.78, 5) is 4.72. The first-order chi connectivity index (χ1) is 11.4. The van der Waals surface area contributed by atoms with Gasteiger partial charge in [0, 0.05) is 22.9 Å². The molecule has 3 heterocycles. The molecule has 1 aliphatic rings. The molecule has 23 heavy (non-hydrogen) atoms. The van der Waals surface area contributed by atoms with Crippen LogP contribution in [0.2, 0.25) is 0 Å². The molecule has 0 radical (unpaired) electrons. The Kier molecular flexibility index (Phi) is 4.21. The molecule has 2 aromatic heterocycles. The van der Waals surface area contributed by atoms with Crippen LogP contribution >= 0.6 is 23.1 Å². The molecular weight excluding hydrogens is 330 g/mol. The molecule has 0 fully saturated rings. The van der Waals surface area contributed by atoms with E-state index in [1.54, 1.807) is 11.3 Å². The van der Waals surface area contributed by atoms with Crippen molar-refractivity contribution in [2.24, 2.45) is 0 Å². The van der Waals surface area contributed by atoms with E-state index in [2.05, 4.69) is 15.6 Å². The van der Waals surface area contributed by atoms with Gasteiger partial charge in [-0.25, -0.2) is 4.98 Å². The molecule has 0 aliphatic carbocycles. The minimum Gasteiger partial charge on any atom is -0.454 e. The molecule has 3 aromatic rings. The largest absolute Gasteiger partial charge is 0.454 e. The molecular formula is C16H15N3O2S2. The number of aryl methyl sites for hydroxylation is 1. The minimum atomic E-state index is 0.301. The van der Waals surface area contributed by atoms with E-state index in [9.17, 15) is 0 Å². The first-order valence-corrected chi connectivity index (χ1v) is 9.32. The SMILES string of the molecule is c1n[nH]cc1CCSCc1csc(-c2ccc3c(c2)OCO3)n1. The van der Waals surface area contributed by atoms with E-state index < -0.39 is 0 Å². The Morgan fingerprint density at radius 1 is 1.26 bits per heavy atom. The van der Waals surface area contributed by atoms with Crippen LogP contribution in [0.5, 0.6) is 11.5 Å². The van der Waals surface area contributed by atoms with E-state index in [1.165, 1.54) is 5.56 Å². The maximum absolute atomic E-state index is 5.43. The smallest absolute Gasteiger partial charge is 0.231 e. The predicted molar refractivity (Wildman–Crippen MR) is 92.1 cm³/mol. The summed E-state index contributed by atoms with van der Waals surface area (Å²) >= 11 is 3.56. The van der Waals surface area contributed by atoms with Crippen molar-refractivity contribution in [1.29, 1.82) is 0 Å². The number of thiazole rings is 1. The van der Waals surface area contributed by atoms with Gasteiger partial charge in [-0.1, -0.05) is 0 Å². The van der Waals surface area contributed by atoms with Gasteiger partial charge in [0.15, 0.2) is 11.5 Å². The molecule has 0 amide bonds. The lowest BCUT2D eigenvalue weighted by Crippen LogP contribution is -1.92. The fraction of sp³-hybridized carbons (Fsp3) is 0.250. The molecule has 7 heteroatoms. The third-order valence-electron chi connectivity index (χ3n) is 3.51. The average Bonchev–Trinajstić information content (AvgIpc) is 3.31. The summed E-state index contributed by atoms with van der Waals surface area (Å²) in [5.74, 6) is 3.60. The van der Waals surface area contributed by atoms with Crippen molar-refractivity contribution in [1.82, 2.24) is 15.2 Å². The molecule has 0 atom stereocenters. The van der Waals surface area contributed by atoms with Crippen molar-refractivity contribution in [2.75, 3.05) is 12.5 Å². The Bertz CT molecular complexity index is 786. The number of thioether (sulfide) groups is 1. The van der Waals surface area contributed by atoms with Crippen LogP contribution in [0.25, 0.3) is 10.6 Å². The summed E-state index contributed by atoms with van der Waals surface area (Å²) in [6.07, 6.45) is 4.85. The Morgan fingerprint density at radius 3 is 3.13 bits per heavy atom. The Morgan fingerprint density at radius 2 is 2.22 bits per heavy atom. The number of fused-ring (bicyclic) bond motifs is 1. The summed E-state index contributed by atoms with van der Waals surface area (Å²) in [5, 5.41) is 9.95. The molecule has 0 saturated heterocycles. The van der Waals surface area contributed by atoms with Gasteiger partial charge < -0.3 is 9.47 Å². The van der Waals surface area contributed by atoms with Crippen molar-refractivity contribution >= 4 is 23.1 Å². The summed E-state index contributed by atoms with van der Waals surface area (Å²) in [5.41, 5.74) is 3.45. The zero-order valence-corrected chi connectivity index (χ0v) is 14.0. The molecule has 5 nitrogen and oxygen atoms in total. The summed E-state index contributed by atoms with van der Waals surface area (Å²) in [6.45, 7) is 0.301. The maximum atomic E-state index is 5.43. The summed E-state index contributed by atoms with van der Waals surface area (Å²) in [7, 11) is 0. The van der Waals surface area contributed by atoms with Crippen LogP contribution < -0.4 is 9.47 Å². The third-order valence-corrected chi connectivity index (χ3v) is 5.44. The third kappa shape index (κ3) is 3.35. The standard InChI is InChI=1S/C16H15N3O2S2/c1-2-14-15(21-10-20-14)5-12(1)16-19-13(9-23-16)8-22-4-3-11-6-17-18-7-11/h1-2,5-7,9H,3-4,8,10H2,(H,17,18). The van der Waals surface area contributed by atoms with Gasteiger partial charge in [-0.2, -0.15) is 16.9 Å². The number of aromatic amines is 1. The van der Waals surface area contributed by atoms with E-state index in [1.807, 2.05) is 42.4 Å². The number of hydrogen-bond donors (Lipinski definition) is 1. The van der Waals surface area contributed by atoms with Crippen molar-refractivity contribution in [3.63, 3.8) is 0 Å². The Balaban J connectivity index is 1.35. The van der Waals surface area contributed by atoms with Gasteiger partial charge in [0.2, 0.25) is 6.79 Å². The lowest BCUT2D eigenvalue weighted by Gasteiger charge is -2.00. The number of nitrogens with zero attached hydrogens (tertiary/aromatic N) is 2. The molecule has 1 aliphatic heterocycles. The van der Waals surface area contributed by atoms with Gasteiger partial charge in [0.1, 0.15) is 5.01 Å². The highest BCUT2D eigenvalue weighted by Crippen LogP contribution is 2.36. The molecule has 0 saturated carbocycles. The Hall–Kier alpha value is -1.99. The van der Waals surface area contributed by atoms with Crippen molar-refractivity contribution in [3.05, 3.63) is 47.2 Å². The van der Waals surface area contributed by atoms with Crippen LogP contribution in [0.15, 0.2) is 36.0 Å². The number of hydrogen-bond acceptors (Lipinski definition) is 6. The van der Waals surface area contributed by atoms with E-state index in [4.69, 9.17) is 14.5 Å². The quantitative estimate of drug-likeness (QED) is 0.690. The highest BCUT2D eigenvalue weighted by atomic mass is 32.2. The molecule has 0 unspecified atom stereocenters. The van der Waals surface area contributed by atoms with Crippen molar-refractivity contribution in [3.8, 4) is 22.1 Å². The first-order valence-electron chi connectivity index (χ1n) is 7.28. The van der Waals surface area contributed by atoms with Gasteiger partial charge in [-0.3, -0.25) is 5.10 Å². The van der Waals surface area contributed by atoms with E-state index in [0.717, 1.165) is 45.7 Å². The monoisotopic (exact) mass is 345 g/mol. The van der Waals surface area contributed by atoms with Crippen LogP contribution in [-0.4, -0.2) is 27.7 Å². The summed E-state index contributed by atoms with van der Waals surface area (Å²) < 4.78 is 10.8. The lowest BCUT2D eigenvalue weighted by molar-refractivity contribution is 0.174. The predicted octanol–water partition coefficient (Wildman–Crippen LogP) is 3.74. The highest BCUT2D eigenvalue weighted by molar-refractivity contribution is 7.98. The van der Waals surface area contributed by atoms with Gasteiger partial charge in [-0.15, -0.1) is 11.3 Å². The number of benzene rings is 1. The van der Waals surface area contributed by atoms with Crippen LogP contribution in [-0.2, 0) is 12.2 Å². The molecule has 0 bridgehead atoms. The molecule has 1 N–H and O–H groups in total. The van der Waals surface area contributed by atoms with Crippen LogP contribution in [0.1, 0.15) is 11.3 Å². The van der Waals surface area contributed by atoms with Gasteiger partial charge >= 0.3 is 0 Å². The molecule has 1 aromatic carbocycles. The van der Waals surface area contributed by atoms with Crippen molar-refractivity contribution < 1.29 is 9.47 Å². The topological polar surface area (TPSA) is 60.0 Å². The maximum Gasteiger partial charge on any atom is 0.231 e. The second-order valence-corrected chi connectivity index (χ2v) is 7.08. The summed E-state index contributed by atoms with van der Waals surface area (Å²) in [6, 6.07) is 5.97. The fourth-order valence-electron chi connectivity index (χ4n) is 2.32. The van der Waals surface area contributed by atoms with E-state index in [-0.39, 0.29) is 0 Å². The minimum absolute atomic E-state index is 0.301. The number of nitrogens with one attached hydrogen (secondary N) is 1. The highest BCUT2D eigenvalue weighted by Gasteiger charge is 2.15. The van der Waals surface area contributed by atoms with E-state index >= 15 is 0 Å². The zero-order valence-electron chi connectivity index (χ0n) is 12.3. The van der Waals surface area contributed by atoms with Crippen LogP contribution in [0.4, 0.5) is 0 Å². The van der Waals surface area contributed by atoms with Gasteiger partial charge in [-0.05, 0) is 35.9 Å². The lowest BCUT2D eigenvalue weighted by atomic mass is 10.2. The molecule has 0 spiro atoms. The Labute approximate surface area is 142 Å². The van der Waals surface area contributed by atoms with Gasteiger partial charge in [0.05, 0.1) is 11.9 Å². The van der Waals surface area contributed by atoms with E-state index in [0.29, 0.717) is 6.79 Å². The number of ether oxygens (including phenoxy) is 2. The fourth-order valence-corrected chi connectivity index (χ4v) is 4.12. The van der Waals surface area contributed by atoms with Crippen molar-refractivity contribution in [2.45, 2.75) is 12.2 Å². The average molecular weight is 345 g/mol. The van der Waals surface area contributed by atoms with Crippen LogP contribution in [0.3, 0.4) is 0 Å². The van der Waals surface area contributed by atoms with Gasteiger partial charge in [0.25, 0.3) is 0 Å². The first kappa shape index (κ1) is 14.6. The normalized spacial score (nSPS) is 12.7. The zero-order chi connectivity index (χ0) is 15.5. The number of H-pyrrole nitrogens is 1. The van der Waals surface area contributed by atoms with Crippen LogP contribution in [0, 0.1) is 0 Å².